The largest absolute Gasteiger partial charge is 0.396 e. The highest BCUT2D eigenvalue weighted by molar-refractivity contribution is 4.80. The predicted molar refractivity (Wildman–Crippen MR) is 80.9 cm³/mol. The summed E-state index contributed by atoms with van der Waals surface area (Å²) in [4.78, 5) is 0. The van der Waals surface area contributed by atoms with Crippen LogP contribution in [0.4, 0.5) is 0 Å². The first-order valence-electron chi connectivity index (χ1n) is 8.25. The molecule has 3 unspecified atom stereocenters. The van der Waals surface area contributed by atoms with Crippen LogP contribution in [0, 0.1) is 11.3 Å². The summed E-state index contributed by atoms with van der Waals surface area (Å²) in [6, 6.07) is 0. The number of aliphatic hydroxyl groups is 1. The van der Waals surface area contributed by atoms with E-state index in [2.05, 4.69) is 13.8 Å². The van der Waals surface area contributed by atoms with E-state index in [0.717, 1.165) is 19.6 Å². The van der Waals surface area contributed by atoms with Crippen molar-refractivity contribution in [3.63, 3.8) is 0 Å². The fourth-order valence-electron chi connectivity index (χ4n) is 2.00. The van der Waals surface area contributed by atoms with E-state index in [1.165, 1.54) is 0 Å². The summed E-state index contributed by atoms with van der Waals surface area (Å²) >= 11 is 0. The van der Waals surface area contributed by atoms with Crippen LogP contribution in [0.3, 0.4) is 0 Å². The van der Waals surface area contributed by atoms with Crippen LogP contribution in [0.2, 0.25) is 0 Å². The van der Waals surface area contributed by atoms with Gasteiger partial charge in [-0.05, 0) is 5.92 Å². The lowest BCUT2D eigenvalue weighted by atomic mass is 9.92. The maximum Gasteiger partial charge on any atom is 0.104 e. The summed E-state index contributed by atoms with van der Waals surface area (Å²) in [7, 11) is 0. The highest BCUT2D eigenvalue weighted by atomic mass is 16.6. The molecular formula is C16H30O6. The molecule has 0 saturated carbocycles. The second kappa shape index (κ2) is 9.15. The molecule has 0 aromatic heterocycles. The first-order valence-corrected chi connectivity index (χ1v) is 8.25. The van der Waals surface area contributed by atoms with Crippen LogP contribution in [0.15, 0.2) is 0 Å². The molecule has 2 aliphatic heterocycles. The van der Waals surface area contributed by atoms with E-state index in [1.807, 2.05) is 0 Å². The van der Waals surface area contributed by atoms with Crippen LogP contribution < -0.4 is 0 Å². The van der Waals surface area contributed by atoms with Crippen LogP contribution in [0.5, 0.6) is 0 Å². The van der Waals surface area contributed by atoms with E-state index in [9.17, 15) is 5.11 Å². The van der Waals surface area contributed by atoms with Crippen molar-refractivity contribution in [2.45, 2.75) is 32.5 Å². The van der Waals surface area contributed by atoms with Crippen molar-refractivity contribution in [1.29, 1.82) is 0 Å². The highest BCUT2D eigenvalue weighted by Crippen LogP contribution is 2.22. The molecule has 0 spiro atoms. The zero-order valence-electron chi connectivity index (χ0n) is 13.8. The molecular weight excluding hydrogens is 288 g/mol. The topological polar surface area (TPSA) is 73.0 Å². The summed E-state index contributed by atoms with van der Waals surface area (Å²) in [5.41, 5.74) is -0.517. The highest BCUT2D eigenvalue weighted by Gasteiger charge is 2.34. The van der Waals surface area contributed by atoms with E-state index in [4.69, 9.17) is 23.7 Å². The monoisotopic (exact) mass is 318 g/mol. The zero-order chi connectivity index (χ0) is 15.8. The lowest BCUT2D eigenvalue weighted by molar-refractivity contribution is -0.0985. The lowest BCUT2D eigenvalue weighted by Gasteiger charge is -2.31. The Morgan fingerprint density at radius 3 is 1.95 bits per heavy atom. The van der Waals surface area contributed by atoms with Gasteiger partial charge < -0.3 is 28.8 Å². The number of ether oxygens (including phenoxy) is 5. The van der Waals surface area contributed by atoms with E-state index >= 15 is 0 Å². The number of rotatable bonds is 14. The number of aliphatic hydroxyl groups excluding tert-OH is 1. The third kappa shape index (κ3) is 6.89. The minimum absolute atomic E-state index is 0.0233. The van der Waals surface area contributed by atoms with Crippen molar-refractivity contribution in [3.05, 3.63) is 0 Å². The van der Waals surface area contributed by atoms with Gasteiger partial charge in [-0.3, -0.25) is 0 Å². The maximum atomic E-state index is 9.86. The number of hydrogen-bond acceptors (Lipinski definition) is 6. The van der Waals surface area contributed by atoms with E-state index in [-0.39, 0.29) is 18.8 Å². The van der Waals surface area contributed by atoms with Gasteiger partial charge >= 0.3 is 0 Å². The Bertz CT molecular complexity index is 285. The summed E-state index contributed by atoms with van der Waals surface area (Å²) in [5.74, 6) is 0.512. The van der Waals surface area contributed by atoms with Gasteiger partial charge in [0.1, 0.15) is 12.2 Å². The van der Waals surface area contributed by atoms with Crippen molar-refractivity contribution in [1.82, 2.24) is 0 Å². The molecule has 6 nitrogen and oxygen atoms in total. The number of hydrogen-bond donors (Lipinski definition) is 1. The fourth-order valence-corrected chi connectivity index (χ4v) is 2.00. The molecule has 22 heavy (non-hydrogen) atoms. The van der Waals surface area contributed by atoms with Crippen molar-refractivity contribution < 1.29 is 28.8 Å². The van der Waals surface area contributed by atoms with Crippen LogP contribution >= 0.6 is 0 Å². The summed E-state index contributed by atoms with van der Waals surface area (Å²) in [5, 5.41) is 9.86. The van der Waals surface area contributed by atoms with E-state index < -0.39 is 5.41 Å². The summed E-state index contributed by atoms with van der Waals surface area (Å²) in [6.07, 6.45) is 1.52. The van der Waals surface area contributed by atoms with E-state index in [1.54, 1.807) is 0 Å². The van der Waals surface area contributed by atoms with Crippen LogP contribution in [0.25, 0.3) is 0 Å². The Morgan fingerprint density at radius 1 is 1.05 bits per heavy atom. The van der Waals surface area contributed by atoms with Gasteiger partial charge in [-0.2, -0.15) is 0 Å². The third-order valence-corrected chi connectivity index (χ3v) is 4.07. The average molecular weight is 318 g/mol. The molecule has 0 radical (unpaired) electrons. The second-order valence-electron chi connectivity index (χ2n) is 6.63. The molecule has 6 heteroatoms. The second-order valence-corrected chi connectivity index (χ2v) is 6.63. The normalized spacial score (nSPS) is 27.4. The molecule has 2 fully saturated rings. The molecule has 2 aliphatic rings. The third-order valence-electron chi connectivity index (χ3n) is 4.07. The van der Waals surface area contributed by atoms with Gasteiger partial charge in [0.15, 0.2) is 0 Å². The minimum Gasteiger partial charge on any atom is -0.396 e. The van der Waals surface area contributed by atoms with Crippen molar-refractivity contribution in [3.8, 4) is 0 Å². The molecule has 0 aliphatic carbocycles. The molecule has 130 valence electrons. The molecule has 0 aromatic rings. The number of epoxide rings is 2. The SMILES string of the molecule is CCC(C)COCC(CO)(COCC1CO1)COCC1CO1. The minimum atomic E-state index is -0.517. The quantitative estimate of drug-likeness (QED) is 0.479. The van der Waals surface area contributed by atoms with Crippen molar-refractivity contribution >= 4 is 0 Å². The predicted octanol–water partition coefficient (Wildman–Crippen LogP) is 0.859. The Labute approximate surface area is 133 Å². The van der Waals surface area contributed by atoms with Crippen LogP contribution in [-0.4, -0.2) is 76.8 Å². The summed E-state index contributed by atoms with van der Waals surface area (Å²) < 4.78 is 27.5. The van der Waals surface area contributed by atoms with Gasteiger partial charge in [-0.1, -0.05) is 20.3 Å². The Balaban J connectivity index is 1.74. The first-order chi connectivity index (χ1) is 10.7. The Kier molecular flexibility index (Phi) is 7.53. The lowest BCUT2D eigenvalue weighted by Crippen LogP contribution is -2.41. The molecule has 0 bridgehead atoms. The van der Waals surface area contributed by atoms with Gasteiger partial charge in [0.25, 0.3) is 0 Å². The molecule has 2 rings (SSSR count). The van der Waals surface area contributed by atoms with Crippen LogP contribution in [0.1, 0.15) is 20.3 Å². The molecule has 3 atom stereocenters. The van der Waals surface area contributed by atoms with Crippen molar-refractivity contribution in [2.24, 2.45) is 11.3 Å². The molecule has 2 heterocycles. The van der Waals surface area contributed by atoms with Gasteiger partial charge in [-0.15, -0.1) is 0 Å². The first kappa shape index (κ1) is 18.1. The van der Waals surface area contributed by atoms with Crippen molar-refractivity contribution in [2.75, 3.05) is 59.5 Å². The van der Waals surface area contributed by atoms with Gasteiger partial charge in [-0.25, -0.2) is 0 Å². The Hall–Kier alpha value is -0.240. The van der Waals surface area contributed by atoms with E-state index in [0.29, 0.717) is 45.6 Å². The van der Waals surface area contributed by atoms with Gasteiger partial charge in [0.05, 0.1) is 58.3 Å². The van der Waals surface area contributed by atoms with Gasteiger partial charge in [0, 0.05) is 6.61 Å². The zero-order valence-corrected chi connectivity index (χ0v) is 13.8. The molecule has 2 saturated heterocycles. The smallest absolute Gasteiger partial charge is 0.104 e. The summed E-state index contributed by atoms with van der Waals surface area (Å²) in [6.45, 7) is 8.90. The standard InChI is InChI=1S/C16H30O6/c1-3-13(2)4-18-10-16(9-17,11-19-5-14-7-21-14)12-20-6-15-8-22-15/h13-15,17H,3-12H2,1-2H3. The van der Waals surface area contributed by atoms with Crippen LogP contribution in [-0.2, 0) is 23.7 Å². The van der Waals surface area contributed by atoms with Gasteiger partial charge in [0.2, 0.25) is 0 Å². The molecule has 0 amide bonds. The maximum absolute atomic E-state index is 9.86. The fraction of sp³-hybridized carbons (Fsp3) is 1.00. The Morgan fingerprint density at radius 2 is 1.55 bits per heavy atom. The molecule has 0 aromatic carbocycles. The molecule has 1 N–H and O–H groups in total. The average Bonchev–Trinajstić information content (AvgIpc) is 3.41.